The molecular formula is C21H25N5O3. The molecule has 1 atom stereocenters. The zero-order valence-electron chi connectivity index (χ0n) is 16.5. The van der Waals surface area contributed by atoms with Crippen LogP contribution in [0.2, 0.25) is 0 Å². The molecule has 0 saturated carbocycles. The van der Waals surface area contributed by atoms with Gasteiger partial charge in [-0.1, -0.05) is 18.2 Å². The van der Waals surface area contributed by atoms with Crippen LogP contribution in [-0.2, 0) is 9.59 Å². The molecule has 0 bridgehead atoms. The average Bonchev–Trinajstić information content (AvgIpc) is 2.79. The van der Waals surface area contributed by atoms with Gasteiger partial charge in [-0.15, -0.1) is 0 Å². The van der Waals surface area contributed by atoms with Crippen molar-refractivity contribution in [3.8, 4) is 5.75 Å². The van der Waals surface area contributed by atoms with Gasteiger partial charge in [-0.2, -0.15) is 0 Å². The van der Waals surface area contributed by atoms with Crippen LogP contribution in [0.1, 0.15) is 0 Å². The van der Waals surface area contributed by atoms with Crippen LogP contribution in [0.4, 0.5) is 11.5 Å². The first-order valence-electron chi connectivity index (χ1n) is 9.81. The topological polar surface area (TPSA) is 78.0 Å². The molecule has 3 heterocycles. The number of likely N-dealkylation sites (N-methyl/N-ethyl adjacent to an activating group) is 1. The lowest BCUT2D eigenvalue weighted by Crippen LogP contribution is -2.54. The van der Waals surface area contributed by atoms with E-state index in [1.807, 2.05) is 52.3 Å². The molecular weight excluding hydrogens is 370 g/mol. The van der Waals surface area contributed by atoms with E-state index in [0.717, 1.165) is 24.6 Å². The summed E-state index contributed by atoms with van der Waals surface area (Å²) in [5, 5.41) is 2.63. The minimum Gasteiger partial charge on any atom is -0.477 e. The lowest BCUT2D eigenvalue weighted by molar-refractivity contribution is -0.131. The van der Waals surface area contributed by atoms with Crippen molar-refractivity contribution in [1.29, 1.82) is 0 Å². The summed E-state index contributed by atoms with van der Waals surface area (Å²) in [7, 11) is 1.59. The van der Waals surface area contributed by atoms with Gasteiger partial charge in [-0.3, -0.25) is 9.59 Å². The van der Waals surface area contributed by atoms with E-state index in [1.165, 1.54) is 0 Å². The Balaban J connectivity index is 1.41. The second-order valence-electron chi connectivity index (χ2n) is 7.12. The maximum Gasteiger partial charge on any atom is 0.262 e. The number of benzene rings is 1. The van der Waals surface area contributed by atoms with Crippen LogP contribution in [0.3, 0.4) is 0 Å². The Morgan fingerprint density at radius 3 is 2.59 bits per heavy atom. The third-order valence-electron chi connectivity index (χ3n) is 5.33. The van der Waals surface area contributed by atoms with Crippen molar-refractivity contribution in [3.05, 3.63) is 48.7 Å². The number of nitrogens with zero attached hydrogens (tertiary/aromatic N) is 4. The van der Waals surface area contributed by atoms with Gasteiger partial charge in [-0.05, 0) is 24.3 Å². The van der Waals surface area contributed by atoms with Gasteiger partial charge in [0.15, 0.2) is 6.10 Å². The fourth-order valence-corrected chi connectivity index (χ4v) is 3.74. The van der Waals surface area contributed by atoms with Crippen LogP contribution in [0, 0.1) is 0 Å². The number of hydrogen-bond acceptors (Lipinski definition) is 6. The van der Waals surface area contributed by atoms with Crippen LogP contribution >= 0.6 is 0 Å². The molecule has 2 aromatic rings. The Morgan fingerprint density at radius 1 is 1.10 bits per heavy atom. The molecule has 0 aliphatic carbocycles. The van der Waals surface area contributed by atoms with E-state index in [0.29, 0.717) is 25.4 Å². The highest BCUT2D eigenvalue weighted by Gasteiger charge is 2.32. The number of carbonyl (C=O) groups is 2. The number of aromatic nitrogens is 1. The number of anilines is 2. The maximum atomic E-state index is 13.0. The normalized spacial score (nSPS) is 18.7. The summed E-state index contributed by atoms with van der Waals surface area (Å²) in [4.78, 5) is 35.5. The molecule has 1 fully saturated rings. The molecule has 0 radical (unpaired) electrons. The third-order valence-corrected chi connectivity index (χ3v) is 5.33. The van der Waals surface area contributed by atoms with Crippen molar-refractivity contribution in [2.45, 2.75) is 6.10 Å². The van der Waals surface area contributed by atoms with Crippen LogP contribution < -0.4 is 19.9 Å². The molecule has 1 aromatic heterocycles. The van der Waals surface area contributed by atoms with E-state index in [9.17, 15) is 9.59 Å². The van der Waals surface area contributed by atoms with E-state index < -0.39 is 6.10 Å². The second kappa shape index (κ2) is 8.38. The predicted octanol–water partition coefficient (Wildman–Crippen LogP) is 0.744. The van der Waals surface area contributed by atoms with Gasteiger partial charge in [0.05, 0.1) is 18.8 Å². The highest BCUT2D eigenvalue weighted by molar-refractivity contribution is 5.86. The number of carbonyl (C=O) groups excluding carboxylic acids is 2. The second-order valence-corrected chi connectivity index (χ2v) is 7.12. The first-order valence-corrected chi connectivity index (χ1v) is 9.81. The Kier molecular flexibility index (Phi) is 5.50. The molecule has 8 nitrogen and oxygen atoms in total. The highest BCUT2D eigenvalue weighted by Crippen LogP contribution is 2.33. The molecule has 2 amide bonds. The van der Waals surface area contributed by atoms with Gasteiger partial charge in [0.2, 0.25) is 5.91 Å². The zero-order valence-corrected chi connectivity index (χ0v) is 16.5. The SMILES string of the molecule is CNC(=O)[C@H]1CN(CC(=O)N2CCN(c3ccccn3)CC2)c2ccccc2O1. The van der Waals surface area contributed by atoms with Crippen molar-refractivity contribution in [3.63, 3.8) is 0 Å². The highest BCUT2D eigenvalue weighted by atomic mass is 16.5. The Hall–Kier alpha value is -3.29. The monoisotopic (exact) mass is 395 g/mol. The summed E-state index contributed by atoms with van der Waals surface area (Å²) in [6.07, 6.45) is 1.15. The van der Waals surface area contributed by atoms with E-state index >= 15 is 0 Å². The molecule has 2 aliphatic heterocycles. The molecule has 1 aromatic carbocycles. The number of hydrogen-bond donors (Lipinski definition) is 1. The van der Waals surface area contributed by atoms with Gasteiger partial charge in [0, 0.05) is 39.4 Å². The molecule has 152 valence electrons. The number of nitrogens with one attached hydrogen (secondary N) is 1. The minimum atomic E-state index is -0.635. The van der Waals surface area contributed by atoms with E-state index in [4.69, 9.17) is 4.74 Å². The van der Waals surface area contributed by atoms with Gasteiger partial charge >= 0.3 is 0 Å². The van der Waals surface area contributed by atoms with Gasteiger partial charge in [0.1, 0.15) is 11.6 Å². The standard InChI is InChI=1S/C21H25N5O3/c1-22-21(28)18-14-26(16-6-2-3-7-17(16)29-18)15-20(27)25-12-10-24(11-13-25)19-8-4-5-9-23-19/h2-9,18H,10-15H2,1H3,(H,22,28)/t18-/m1/s1. The zero-order chi connectivity index (χ0) is 20.2. The summed E-state index contributed by atoms with van der Waals surface area (Å²) >= 11 is 0. The summed E-state index contributed by atoms with van der Waals surface area (Å²) in [6.45, 7) is 3.38. The fraction of sp³-hybridized carbons (Fsp3) is 0.381. The molecule has 8 heteroatoms. The van der Waals surface area contributed by atoms with Crippen molar-refractivity contribution in [2.75, 3.05) is 56.1 Å². The lowest BCUT2D eigenvalue weighted by atomic mass is 10.1. The Labute approximate surface area is 170 Å². The number of rotatable bonds is 4. The smallest absolute Gasteiger partial charge is 0.262 e. The van der Waals surface area contributed by atoms with Crippen LogP contribution in [-0.4, -0.2) is 74.1 Å². The molecule has 1 N–H and O–H groups in total. The summed E-state index contributed by atoms with van der Waals surface area (Å²) in [5.41, 5.74) is 0.841. The predicted molar refractivity (Wildman–Crippen MR) is 110 cm³/mol. The van der Waals surface area contributed by atoms with Crippen molar-refractivity contribution < 1.29 is 14.3 Å². The fourth-order valence-electron chi connectivity index (χ4n) is 3.74. The first kappa shape index (κ1) is 19.0. The number of pyridine rings is 1. The van der Waals surface area contributed by atoms with E-state index in [2.05, 4.69) is 15.2 Å². The van der Waals surface area contributed by atoms with Gasteiger partial charge in [0.25, 0.3) is 5.91 Å². The lowest BCUT2D eigenvalue weighted by Gasteiger charge is -2.38. The molecule has 4 rings (SSSR count). The number of ether oxygens (including phenoxy) is 1. The van der Waals surface area contributed by atoms with Crippen molar-refractivity contribution in [2.24, 2.45) is 0 Å². The number of amides is 2. The average molecular weight is 395 g/mol. The van der Waals surface area contributed by atoms with Crippen LogP contribution in [0.25, 0.3) is 0 Å². The quantitative estimate of drug-likeness (QED) is 0.823. The third kappa shape index (κ3) is 4.11. The van der Waals surface area contributed by atoms with Gasteiger partial charge in [-0.25, -0.2) is 4.98 Å². The molecule has 2 aliphatic rings. The van der Waals surface area contributed by atoms with Crippen LogP contribution in [0.15, 0.2) is 48.7 Å². The Bertz CT molecular complexity index is 868. The number of piperazine rings is 1. The van der Waals surface area contributed by atoms with Crippen molar-refractivity contribution >= 4 is 23.3 Å². The number of para-hydroxylation sites is 2. The molecule has 0 unspecified atom stereocenters. The van der Waals surface area contributed by atoms with Crippen LogP contribution in [0.5, 0.6) is 5.75 Å². The minimum absolute atomic E-state index is 0.0537. The molecule has 29 heavy (non-hydrogen) atoms. The number of fused-ring (bicyclic) bond motifs is 1. The summed E-state index contributed by atoms with van der Waals surface area (Å²) in [5.74, 6) is 1.43. The largest absolute Gasteiger partial charge is 0.477 e. The summed E-state index contributed by atoms with van der Waals surface area (Å²) < 4.78 is 5.81. The summed E-state index contributed by atoms with van der Waals surface area (Å²) in [6, 6.07) is 13.4. The first-order chi connectivity index (χ1) is 14.2. The molecule has 0 spiro atoms. The van der Waals surface area contributed by atoms with E-state index in [-0.39, 0.29) is 18.4 Å². The maximum absolute atomic E-state index is 13.0. The Morgan fingerprint density at radius 2 is 1.86 bits per heavy atom. The van der Waals surface area contributed by atoms with Gasteiger partial charge < -0.3 is 24.8 Å². The molecule has 1 saturated heterocycles. The van der Waals surface area contributed by atoms with E-state index in [1.54, 1.807) is 13.2 Å². The van der Waals surface area contributed by atoms with Crippen molar-refractivity contribution in [1.82, 2.24) is 15.2 Å².